The van der Waals surface area contributed by atoms with Crippen LogP contribution in [0.1, 0.15) is 44.8 Å². The first kappa shape index (κ1) is 45.2. The van der Waals surface area contributed by atoms with E-state index < -0.39 is 10.8 Å². The summed E-state index contributed by atoms with van der Waals surface area (Å²) in [7, 11) is 4.15. The van der Waals surface area contributed by atoms with Gasteiger partial charge in [0.25, 0.3) is 0 Å². The normalized spacial score (nSPS) is 14.8. The maximum Gasteiger partial charge on any atom is 0.0644 e. The number of nitrogens with zero attached hydrogens (tertiary/aromatic N) is 8. The Balaban J connectivity index is 0.000000148. The fourth-order valence-electron chi connectivity index (χ4n) is 11.3. The Hall–Kier alpha value is -7.24. The van der Waals surface area contributed by atoms with E-state index in [1.165, 1.54) is 55.9 Å². The molecule has 8 aromatic carbocycles. The Morgan fingerprint density at radius 3 is 1.06 bits per heavy atom. The molecule has 8 nitrogen and oxygen atoms in total. The zero-order valence-corrected chi connectivity index (χ0v) is 42.5. The van der Waals surface area contributed by atoms with Gasteiger partial charge in [-0.1, -0.05) is 133 Å². The van der Waals surface area contributed by atoms with Crippen LogP contribution in [-0.2, 0) is 53.0 Å². The standard InChI is InChI=1S/2C30H21N4.2Pt/c2*1-33-20-34(28-16-7-6-15-27(28)33)22-10-8-9-21(19-22)30(29-17-18-31-32-29)25-13-4-2-11-23(25)24-12-3-5-14-26(24)30;;/h2*2-18,20H,1H3;;/q2*-3;;. The Morgan fingerprint density at radius 1 is 0.386 bits per heavy atom. The van der Waals surface area contributed by atoms with E-state index in [1.807, 2.05) is 12.1 Å². The number of aromatic nitrogens is 4. The monoisotopic (exact) mass is 1260 g/mol. The van der Waals surface area contributed by atoms with Crippen LogP contribution >= 0.6 is 0 Å². The number of hydrogen-bond acceptors (Lipinski definition) is 6. The minimum atomic E-state index is -0.579. The molecule has 348 valence electrons. The average molecular weight is 1270 g/mol. The zero-order valence-electron chi connectivity index (χ0n) is 38.0. The Labute approximate surface area is 437 Å². The van der Waals surface area contributed by atoms with Crippen molar-refractivity contribution in [3.05, 3.63) is 277 Å². The van der Waals surface area contributed by atoms with Crippen LogP contribution in [0.3, 0.4) is 0 Å². The quantitative estimate of drug-likeness (QED) is 0.153. The predicted octanol–water partition coefficient (Wildman–Crippen LogP) is 11.8. The van der Waals surface area contributed by atoms with Crippen molar-refractivity contribution in [3.63, 3.8) is 0 Å². The van der Waals surface area contributed by atoms with Gasteiger partial charge in [0.05, 0.1) is 10.8 Å². The fraction of sp³-hybridized carbons (Fsp3) is 0.0667. The van der Waals surface area contributed by atoms with Crippen molar-refractivity contribution in [1.29, 1.82) is 0 Å². The molecular weight excluding hydrogens is 1220 g/mol. The third kappa shape index (κ3) is 6.64. The molecule has 70 heavy (non-hydrogen) atoms. The fourth-order valence-corrected chi connectivity index (χ4v) is 11.3. The summed E-state index contributed by atoms with van der Waals surface area (Å²) in [6, 6.07) is 75.9. The SMILES string of the molecule is CN1[CH-]N(c2[c-]c(C3(c4cc[n-]n4)c4ccccc4-c4ccccc43)ccc2)c2ccccc21.CN1[CH-]N(c2[c-]c(C3(c4cc[n-]n4)c4ccccc4-c4ccccc43)ccc2)c2ccccc21.[Pt].[Pt]. The number of hydrogen-bond donors (Lipinski definition) is 0. The van der Waals surface area contributed by atoms with E-state index >= 15 is 0 Å². The van der Waals surface area contributed by atoms with Gasteiger partial charge in [-0.3, -0.25) is 0 Å². The summed E-state index contributed by atoms with van der Waals surface area (Å²) in [4.78, 5) is 8.70. The number of benzene rings is 8. The molecule has 0 atom stereocenters. The minimum absolute atomic E-state index is 0. The van der Waals surface area contributed by atoms with Crippen molar-refractivity contribution in [2.45, 2.75) is 10.8 Å². The molecule has 2 aromatic heterocycles. The minimum Gasteiger partial charge on any atom is -0.581 e. The molecule has 0 radical (unpaired) electrons. The second kappa shape index (κ2) is 17.9. The zero-order chi connectivity index (χ0) is 45.4. The van der Waals surface area contributed by atoms with Crippen molar-refractivity contribution in [2.75, 3.05) is 33.7 Å². The molecule has 4 heterocycles. The smallest absolute Gasteiger partial charge is 0.0644 e. The van der Waals surface area contributed by atoms with Gasteiger partial charge in [0, 0.05) is 76.3 Å². The van der Waals surface area contributed by atoms with Crippen molar-refractivity contribution < 1.29 is 42.1 Å². The largest absolute Gasteiger partial charge is 0.581 e. The summed E-state index contributed by atoms with van der Waals surface area (Å²) in [6.45, 7) is 4.23. The van der Waals surface area contributed by atoms with Crippen molar-refractivity contribution in [2.24, 2.45) is 0 Å². The Kier molecular flexibility index (Phi) is 11.6. The third-order valence-corrected chi connectivity index (χ3v) is 14.1. The summed E-state index contributed by atoms with van der Waals surface area (Å²) in [6.07, 6.45) is 3.56. The topological polar surface area (TPSA) is 66.9 Å². The van der Waals surface area contributed by atoms with Gasteiger partial charge in [-0.2, -0.15) is 74.3 Å². The molecule has 2 aliphatic carbocycles. The van der Waals surface area contributed by atoms with Gasteiger partial charge >= 0.3 is 0 Å². The number of fused-ring (bicyclic) bond motifs is 8. The van der Waals surface area contributed by atoms with Crippen LogP contribution < -0.4 is 29.8 Å². The van der Waals surface area contributed by atoms with E-state index in [4.69, 9.17) is 0 Å². The molecule has 0 N–H and O–H groups in total. The molecule has 2 aliphatic heterocycles. The van der Waals surface area contributed by atoms with Crippen LogP contribution in [0.25, 0.3) is 22.3 Å². The van der Waals surface area contributed by atoms with Crippen LogP contribution in [0.4, 0.5) is 34.1 Å². The molecule has 0 amide bonds. The summed E-state index contributed by atoms with van der Waals surface area (Å²) >= 11 is 0. The van der Waals surface area contributed by atoms with Gasteiger partial charge in [-0.25, -0.2) is 0 Å². The van der Waals surface area contributed by atoms with E-state index in [0.29, 0.717) is 0 Å². The number of anilines is 6. The summed E-state index contributed by atoms with van der Waals surface area (Å²) in [5, 5.41) is 17.7. The molecule has 0 saturated carbocycles. The van der Waals surface area contributed by atoms with Crippen LogP contribution in [0.5, 0.6) is 0 Å². The molecule has 4 aliphatic rings. The Morgan fingerprint density at radius 2 is 0.714 bits per heavy atom. The van der Waals surface area contributed by atoms with E-state index in [1.54, 1.807) is 12.4 Å². The van der Waals surface area contributed by atoms with E-state index in [2.05, 4.69) is 262 Å². The molecule has 14 rings (SSSR count). The van der Waals surface area contributed by atoms with Gasteiger partial charge in [-0.05, 0) is 82.9 Å². The molecule has 0 unspecified atom stereocenters. The van der Waals surface area contributed by atoms with Crippen LogP contribution in [0.15, 0.2) is 207 Å². The van der Waals surface area contributed by atoms with Crippen molar-refractivity contribution in [1.82, 2.24) is 20.4 Å². The molecule has 0 bridgehead atoms. The molecule has 0 fully saturated rings. The molecule has 10 heteroatoms. The van der Waals surface area contributed by atoms with Crippen LogP contribution in [0.2, 0.25) is 0 Å². The Bertz CT molecular complexity index is 3190. The molecular formula is C60H42N8Pt2-6. The van der Waals surface area contributed by atoms with Gasteiger partial charge in [-0.15, -0.1) is 22.5 Å². The first-order valence-corrected chi connectivity index (χ1v) is 22.8. The van der Waals surface area contributed by atoms with E-state index in [-0.39, 0.29) is 42.1 Å². The second-order valence-electron chi connectivity index (χ2n) is 17.6. The first-order chi connectivity index (χ1) is 33.6. The molecule has 10 aromatic rings. The van der Waals surface area contributed by atoms with Crippen molar-refractivity contribution in [3.8, 4) is 22.3 Å². The molecule has 0 spiro atoms. The van der Waals surface area contributed by atoms with Crippen LogP contribution in [-0.4, -0.2) is 24.3 Å². The molecule has 0 saturated heterocycles. The maximum atomic E-state index is 4.62. The summed E-state index contributed by atoms with van der Waals surface area (Å²) in [5.74, 6) is 0. The van der Waals surface area contributed by atoms with E-state index in [9.17, 15) is 0 Å². The van der Waals surface area contributed by atoms with E-state index in [0.717, 1.165) is 45.3 Å². The maximum absolute atomic E-state index is 4.62. The average Bonchev–Trinajstić information content (AvgIpc) is 4.28. The summed E-state index contributed by atoms with van der Waals surface area (Å²) in [5.41, 5.74) is 19.2. The second-order valence-corrected chi connectivity index (χ2v) is 17.6. The summed E-state index contributed by atoms with van der Waals surface area (Å²) < 4.78 is 0. The first-order valence-electron chi connectivity index (χ1n) is 22.8. The van der Waals surface area contributed by atoms with Gasteiger partial charge in [0.1, 0.15) is 0 Å². The predicted molar refractivity (Wildman–Crippen MR) is 270 cm³/mol. The van der Waals surface area contributed by atoms with Crippen molar-refractivity contribution >= 4 is 34.1 Å². The number of para-hydroxylation sites is 4. The third-order valence-electron chi connectivity index (χ3n) is 14.1. The van der Waals surface area contributed by atoms with Gasteiger partial charge in [0.15, 0.2) is 0 Å². The van der Waals surface area contributed by atoms with Crippen LogP contribution in [0, 0.1) is 25.5 Å². The van der Waals surface area contributed by atoms with Gasteiger partial charge < -0.3 is 40.0 Å². The van der Waals surface area contributed by atoms with Gasteiger partial charge in [0.2, 0.25) is 0 Å². The number of rotatable bonds is 6.